The Bertz CT molecular complexity index is 689. The van der Waals surface area contributed by atoms with Gasteiger partial charge in [0.1, 0.15) is 5.76 Å². The van der Waals surface area contributed by atoms with Crippen molar-refractivity contribution in [3.8, 4) is 0 Å². The average molecular weight is 334 g/mol. The summed E-state index contributed by atoms with van der Waals surface area (Å²) in [6.07, 6.45) is 0. The lowest BCUT2D eigenvalue weighted by atomic mass is 10.2. The van der Waals surface area contributed by atoms with E-state index in [0.29, 0.717) is 29.8 Å². The zero-order valence-electron chi connectivity index (χ0n) is 14.2. The van der Waals surface area contributed by atoms with Gasteiger partial charge in [-0.1, -0.05) is 10.3 Å². The fourth-order valence-corrected chi connectivity index (χ4v) is 2.74. The highest BCUT2D eigenvalue weighted by atomic mass is 16.5. The largest absolute Gasteiger partial charge is 0.360 e. The van der Waals surface area contributed by atoms with Crippen molar-refractivity contribution in [3.05, 3.63) is 23.5 Å². The molecular weight excluding hydrogens is 312 g/mol. The second kappa shape index (κ2) is 7.10. The highest BCUT2D eigenvalue weighted by Crippen LogP contribution is 2.12. The molecule has 1 N–H and O–H groups in total. The molecule has 1 aliphatic rings. The van der Waals surface area contributed by atoms with Crippen LogP contribution in [0.1, 0.15) is 24.4 Å². The smallest absolute Gasteiger partial charge is 0.242 e. The predicted octanol–water partition coefficient (Wildman–Crippen LogP) is 0.819. The minimum Gasteiger partial charge on any atom is -0.360 e. The number of hydrogen-bond acceptors (Lipinski definition) is 8. The van der Waals surface area contributed by atoms with Crippen LogP contribution in [0.15, 0.2) is 15.1 Å². The molecule has 130 valence electrons. The molecule has 2 aromatic rings. The quantitative estimate of drug-likeness (QED) is 0.858. The van der Waals surface area contributed by atoms with Gasteiger partial charge in [0.05, 0.1) is 12.6 Å². The summed E-state index contributed by atoms with van der Waals surface area (Å²) in [5.74, 6) is 2.33. The molecule has 1 amide bonds. The van der Waals surface area contributed by atoms with Crippen LogP contribution in [0.25, 0.3) is 0 Å². The molecule has 0 bridgehead atoms. The van der Waals surface area contributed by atoms with Crippen molar-refractivity contribution in [2.24, 2.45) is 0 Å². The maximum atomic E-state index is 12.3. The van der Waals surface area contributed by atoms with Gasteiger partial charge in [-0.3, -0.25) is 14.6 Å². The Kier molecular flexibility index (Phi) is 4.91. The summed E-state index contributed by atoms with van der Waals surface area (Å²) in [4.78, 5) is 20.9. The van der Waals surface area contributed by atoms with Crippen molar-refractivity contribution >= 4 is 11.7 Å². The van der Waals surface area contributed by atoms with E-state index in [1.165, 1.54) is 0 Å². The summed E-state index contributed by atoms with van der Waals surface area (Å²) >= 11 is 0. The Labute approximate surface area is 140 Å². The second-order valence-electron chi connectivity index (χ2n) is 6.03. The van der Waals surface area contributed by atoms with Crippen molar-refractivity contribution < 1.29 is 13.8 Å². The molecule has 0 unspecified atom stereocenters. The first-order valence-corrected chi connectivity index (χ1v) is 8.01. The number of carbonyl (C=O) groups is 1. The molecule has 0 saturated carbocycles. The summed E-state index contributed by atoms with van der Waals surface area (Å²) in [6, 6.07) is 1.48. The van der Waals surface area contributed by atoms with Gasteiger partial charge in [-0.25, -0.2) is 0 Å². The van der Waals surface area contributed by atoms with Crippen LogP contribution in [-0.4, -0.2) is 63.2 Å². The third kappa shape index (κ3) is 3.98. The van der Waals surface area contributed by atoms with Crippen molar-refractivity contribution in [1.82, 2.24) is 25.1 Å². The van der Waals surface area contributed by atoms with E-state index in [9.17, 15) is 4.79 Å². The van der Waals surface area contributed by atoms with E-state index in [1.54, 1.807) is 19.9 Å². The summed E-state index contributed by atoms with van der Waals surface area (Å²) in [6.45, 7) is 9.47. The second-order valence-corrected chi connectivity index (χ2v) is 6.03. The van der Waals surface area contributed by atoms with Gasteiger partial charge in [-0.15, -0.1) is 0 Å². The Balaban J connectivity index is 1.47. The van der Waals surface area contributed by atoms with Gasteiger partial charge in [0.2, 0.25) is 11.8 Å². The van der Waals surface area contributed by atoms with Crippen molar-refractivity contribution in [2.45, 2.75) is 33.4 Å². The van der Waals surface area contributed by atoms with Crippen LogP contribution >= 0.6 is 0 Å². The fraction of sp³-hybridized carbons (Fsp3) is 0.600. The van der Waals surface area contributed by atoms with E-state index in [-0.39, 0.29) is 11.9 Å². The third-order valence-electron chi connectivity index (χ3n) is 4.15. The Morgan fingerprint density at radius 3 is 2.58 bits per heavy atom. The lowest BCUT2D eigenvalue weighted by Gasteiger charge is -2.36. The molecular formula is C15H22N6O3. The Morgan fingerprint density at radius 2 is 2.00 bits per heavy atom. The van der Waals surface area contributed by atoms with Crippen molar-refractivity contribution in [2.75, 3.05) is 31.5 Å². The van der Waals surface area contributed by atoms with Crippen LogP contribution in [0.5, 0.6) is 0 Å². The number of amides is 1. The molecule has 9 nitrogen and oxygen atoms in total. The Morgan fingerprint density at radius 1 is 1.25 bits per heavy atom. The maximum absolute atomic E-state index is 12.3. The maximum Gasteiger partial charge on any atom is 0.242 e. The summed E-state index contributed by atoms with van der Waals surface area (Å²) in [5, 5.41) is 10.5. The van der Waals surface area contributed by atoms with Gasteiger partial charge in [0.15, 0.2) is 11.6 Å². The topological polar surface area (TPSA) is 101 Å². The number of carbonyl (C=O) groups excluding carboxylic acids is 1. The van der Waals surface area contributed by atoms with Gasteiger partial charge < -0.3 is 14.4 Å². The molecule has 0 aromatic carbocycles. The molecule has 1 atom stereocenters. The first-order valence-electron chi connectivity index (χ1n) is 8.01. The number of nitrogens with one attached hydrogen (secondary N) is 1. The number of aromatic nitrogens is 3. The zero-order chi connectivity index (χ0) is 17.1. The van der Waals surface area contributed by atoms with E-state index < -0.39 is 0 Å². The number of rotatable bonds is 5. The van der Waals surface area contributed by atoms with Crippen LogP contribution < -0.4 is 5.32 Å². The van der Waals surface area contributed by atoms with E-state index in [0.717, 1.165) is 26.2 Å². The van der Waals surface area contributed by atoms with Crippen LogP contribution in [-0.2, 0) is 11.3 Å². The van der Waals surface area contributed by atoms with E-state index in [4.69, 9.17) is 9.05 Å². The molecule has 3 heterocycles. The molecule has 24 heavy (non-hydrogen) atoms. The summed E-state index contributed by atoms with van der Waals surface area (Å²) in [7, 11) is 0. The SMILES string of the molecule is Cc1cc(NC(=O)[C@H](C)N2CCN(Cc3noc(C)n3)CC2)no1. The number of anilines is 1. The molecule has 1 aliphatic heterocycles. The molecule has 0 spiro atoms. The van der Waals surface area contributed by atoms with Gasteiger partial charge in [0, 0.05) is 39.2 Å². The third-order valence-corrected chi connectivity index (χ3v) is 4.15. The number of hydrogen-bond donors (Lipinski definition) is 1. The van der Waals surface area contributed by atoms with Crippen LogP contribution in [0.4, 0.5) is 5.82 Å². The molecule has 1 fully saturated rings. The lowest BCUT2D eigenvalue weighted by molar-refractivity contribution is -0.121. The van der Waals surface area contributed by atoms with Crippen molar-refractivity contribution in [1.29, 1.82) is 0 Å². The average Bonchev–Trinajstić information content (AvgIpc) is 3.15. The van der Waals surface area contributed by atoms with E-state index in [2.05, 4.69) is 30.4 Å². The molecule has 3 rings (SSSR count). The molecule has 0 aliphatic carbocycles. The van der Waals surface area contributed by atoms with Crippen LogP contribution in [0, 0.1) is 13.8 Å². The van der Waals surface area contributed by atoms with E-state index >= 15 is 0 Å². The first-order chi connectivity index (χ1) is 11.5. The van der Waals surface area contributed by atoms with Gasteiger partial charge >= 0.3 is 0 Å². The first kappa shape index (κ1) is 16.6. The molecule has 0 radical (unpaired) electrons. The van der Waals surface area contributed by atoms with Gasteiger partial charge in [-0.2, -0.15) is 4.98 Å². The molecule has 1 saturated heterocycles. The monoisotopic (exact) mass is 334 g/mol. The number of nitrogens with zero attached hydrogens (tertiary/aromatic N) is 5. The number of piperazine rings is 1. The highest BCUT2D eigenvalue weighted by molar-refractivity contribution is 5.93. The Hall–Kier alpha value is -2.26. The molecule has 2 aromatic heterocycles. The lowest BCUT2D eigenvalue weighted by Crippen LogP contribution is -2.52. The van der Waals surface area contributed by atoms with Crippen LogP contribution in [0.3, 0.4) is 0 Å². The zero-order valence-corrected chi connectivity index (χ0v) is 14.2. The number of aryl methyl sites for hydroxylation is 2. The highest BCUT2D eigenvalue weighted by Gasteiger charge is 2.26. The predicted molar refractivity (Wildman–Crippen MR) is 85.2 cm³/mol. The van der Waals surface area contributed by atoms with Crippen molar-refractivity contribution in [3.63, 3.8) is 0 Å². The molecule has 9 heteroatoms. The van der Waals surface area contributed by atoms with Gasteiger partial charge in [-0.05, 0) is 13.8 Å². The standard InChI is InChI=1S/C15H22N6O3/c1-10-8-13(18-23-10)17-15(22)11(2)21-6-4-20(5-7-21)9-14-16-12(3)24-19-14/h8,11H,4-7,9H2,1-3H3,(H,17,18,22)/t11-/m0/s1. The van der Waals surface area contributed by atoms with Gasteiger partial charge in [0.25, 0.3) is 0 Å². The van der Waals surface area contributed by atoms with E-state index in [1.807, 2.05) is 6.92 Å². The fourth-order valence-electron chi connectivity index (χ4n) is 2.74. The van der Waals surface area contributed by atoms with Crippen LogP contribution in [0.2, 0.25) is 0 Å². The summed E-state index contributed by atoms with van der Waals surface area (Å²) < 4.78 is 9.95. The minimum atomic E-state index is -0.225. The normalized spacial score (nSPS) is 17.8. The minimum absolute atomic E-state index is 0.0782. The summed E-state index contributed by atoms with van der Waals surface area (Å²) in [5.41, 5.74) is 0.